The van der Waals surface area contributed by atoms with E-state index in [-0.39, 0.29) is 16.8 Å². The van der Waals surface area contributed by atoms with E-state index >= 15 is 0 Å². The first-order chi connectivity index (χ1) is 12.3. The summed E-state index contributed by atoms with van der Waals surface area (Å²) in [7, 11) is -3.97. The molecule has 1 aliphatic carbocycles. The lowest BCUT2D eigenvalue weighted by atomic mass is 10.3. The number of hydrogen-bond acceptors (Lipinski definition) is 5. The molecule has 1 aromatic carbocycles. The molecule has 26 heavy (non-hydrogen) atoms. The van der Waals surface area contributed by atoms with Gasteiger partial charge in [0.05, 0.1) is 10.5 Å². The average molecular weight is 396 g/mol. The van der Waals surface area contributed by atoms with Crippen molar-refractivity contribution >= 4 is 38.0 Å². The molecule has 0 spiro atoms. The van der Waals surface area contributed by atoms with Gasteiger partial charge in [-0.2, -0.15) is 0 Å². The highest BCUT2D eigenvalue weighted by Crippen LogP contribution is 2.26. The molecule has 9 heteroatoms. The summed E-state index contributed by atoms with van der Waals surface area (Å²) in [6, 6.07) is 6.04. The summed E-state index contributed by atoms with van der Waals surface area (Å²) in [6.07, 6.45) is 1.87. The van der Waals surface area contributed by atoms with Crippen LogP contribution in [0.3, 0.4) is 0 Å². The number of rotatable bonds is 6. The van der Waals surface area contributed by atoms with E-state index in [0.29, 0.717) is 10.6 Å². The topological polar surface area (TPSA) is 92.3 Å². The van der Waals surface area contributed by atoms with Gasteiger partial charge in [-0.25, -0.2) is 12.8 Å². The molecule has 2 N–H and O–H groups in total. The molecule has 1 heterocycles. The molecular formula is C17H17FN2O4S2. The third-order valence-corrected chi connectivity index (χ3v) is 6.94. The fourth-order valence-electron chi connectivity index (χ4n) is 2.26. The molecule has 1 unspecified atom stereocenters. The zero-order valence-corrected chi connectivity index (χ0v) is 15.5. The van der Waals surface area contributed by atoms with Crippen LogP contribution < -0.4 is 10.6 Å². The van der Waals surface area contributed by atoms with E-state index in [0.717, 1.165) is 48.4 Å². The maximum Gasteiger partial charge on any atom is 0.254 e. The van der Waals surface area contributed by atoms with Crippen molar-refractivity contribution in [2.75, 3.05) is 5.32 Å². The Morgan fingerprint density at radius 3 is 2.46 bits per heavy atom. The van der Waals surface area contributed by atoms with Gasteiger partial charge in [-0.15, -0.1) is 11.3 Å². The Labute approximate surface area is 154 Å². The van der Waals surface area contributed by atoms with Crippen molar-refractivity contribution in [3.05, 3.63) is 47.1 Å². The van der Waals surface area contributed by atoms with Crippen LogP contribution >= 0.6 is 11.3 Å². The number of nitrogens with one attached hydrogen (secondary N) is 2. The Balaban J connectivity index is 1.74. The van der Waals surface area contributed by atoms with Crippen LogP contribution in [0.15, 0.2) is 40.6 Å². The van der Waals surface area contributed by atoms with Crippen LogP contribution in [0.1, 0.15) is 30.1 Å². The van der Waals surface area contributed by atoms with Gasteiger partial charge in [0.25, 0.3) is 5.91 Å². The van der Waals surface area contributed by atoms with Gasteiger partial charge in [0.15, 0.2) is 9.84 Å². The second kappa shape index (κ2) is 7.16. The van der Waals surface area contributed by atoms with Crippen LogP contribution in [-0.2, 0) is 14.6 Å². The molecule has 2 aromatic rings. The Hall–Kier alpha value is -2.26. The van der Waals surface area contributed by atoms with Crippen molar-refractivity contribution in [1.29, 1.82) is 0 Å². The van der Waals surface area contributed by atoms with Gasteiger partial charge in [-0.1, -0.05) is 0 Å². The van der Waals surface area contributed by atoms with Gasteiger partial charge in [0, 0.05) is 6.04 Å². The minimum atomic E-state index is -3.97. The van der Waals surface area contributed by atoms with Gasteiger partial charge in [-0.3, -0.25) is 9.59 Å². The fourth-order valence-corrected chi connectivity index (χ4v) is 4.31. The molecule has 1 atom stereocenters. The number of carbonyl (C=O) groups excluding carboxylic acids is 2. The molecular weight excluding hydrogens is 379 g/mol. The zero-order valence-electron chi connectivity index (χ0n) is 13.9. The van der Waals surface area contributed by atoms with E-state index in [1.807, 2.05) is 0 Å². The monoisotopic (exact) mass is 396 g/mol. The molecule has 2 amide bonds. The van der Waals surface area contributed by atoms with Gasteiger partial charge < -0.3 is 10.6 Å². The smallest absolute Gasteiger partial charge is 0.254 e. The van der Waals surface area contributed by atoms with E-state index < -0.39 is 26.8 Å². The largest absolute Gasteiger partial charge is 0.349 e. The van der Waals surface area contributed by atoms with Crippen LogP contribution in [0.2, 0.25) is 0 Å². The number of anilines is 1. The summed E-state index contributed by atoms with van der Waals surface area (Å²) >= 11 is 1.14. The summed E-state index contributed by atoms with van der Waals surface area (Å²) in [6.45, 7) is 1.26. The number of benzene rings is 1. The fraction of sp³-hybridized carbons (Fsp3) is 0.294. The molecule has 6 nitrogen and oxygen atoms in total. The minimum Gasteiger partial charge on any atom is -0.349 e. The highest BCUT2D eigenvalue weighted by molar-refractivity contribution is 7.92. The number of amides is 2. The Bertz CT molecular complexity index is 934. The van der Waals surface area contributed by atoms with Crippen molar-refractivity contribution in [1.82, 2.24) is 5.32 Å². The van der Waals surface area contributed by atoms with Crippen LogP contribution in [-0.4, -0.2) is 31.5 Å². The van der Waals surface area contributed by atoms with E-state index in [1.54, 1.807) is 11.4 Å². The first kappa shape index (κ1) is 18.5. The maximum absolute atomic E-state index is 13.0. The molecule has 3 rings (SSSR count). The number of sulfone groups is 1. The predicted octanol–water partition coefficient (Wildman–Crippen LogP) is 2.58. The molecule has 0 radical (unpaired) electrons. The van der Waals surface area contributed by atoms with E-state index in [4.69, 9.17) is 0 Å². The molecule has 0 saturated heterocycles. The normalized spacial score (nSPS) is 15.3. The standard InChI is InChI=1S/C17H17FN2O4S2/c1-10(26(23,24)13-6-2-11(18)3-7-13)15(21)20-17-14(8-9-25-17)16(22)19-12-4-5-12/h2-3,6-10,12H,4-5H2,1H3,(H,19,22)(H,20,21). The summed E-state index contributed by atoms with van der Waals surface area (Å²) in [4.78, 5) is 24.4. The summed E-state index contributed by atoms with van der Waals surface area (Å²) in [5.74, 6) is -1.61. The Kier molecular flexibility index (Phi) is 5.10. The minimum absolute atomic E-state index is 0.139. The zero-order chi connectivity index (χ0) is 18.9. The van der Waals surface area contributed by atoms with Crippen LogP contribution in [0.4, 0.5) is 9.39 Å². The molecule has 138 valence electrons. The van der Waals surface area contributed by atoms with Crippen molar-refractivity contribution in [3.8, 4) is 0 Å². The first-order valence-electron chi connectivity index (χ1n) is 7.97. The SMILES string of the molecule is CC(C(=O)Nc1sccc1C(=O)NC1CC1)S(=O)(=O)c1ccc(F)cc1. The van der Waals surface area contributed by atoms with Crippen LogP contribution in [0.25, 0.3) is 0 Å². The van der Waals surface area contributed by atoms with Crippen molar-refractivity contribution in [2.24, 2.45) is 0 Å². The number of thiophene rings is 1. The van der Waals surface area contributed by atoms with Crippen LogP contribution in [0.5, 0.6) is 0 Å². The lowest BCUT2D eigenvalue weighted by Crippen LogP contribution is -2.33. The van der Waals surface area contributed by atoms with Crippen molar-refractivity contribution < 1.29 is 22.4 Å². The van der Waals surface area contributed by atoms with Gasteiger partial charge in [-0.05, 0) is 55.5 Å². The molecule has 0 bridgehead atoms. The van der Waals surface area contributed by atoms with E-state index in [1.165, 1.54) is 6.92 Å². The van der Waals surface area contributed by atoms with Gasteiger partial charge >= 0.3 is 0 Å². The molecule has 0 aliphatic heterocycles. The number of carbonyl (C=O) groups is 2. The molecule has 1 saturated carbocycles. The third-order valence-electron chi connectivity index (χ3n) is 4.04. The second-order valence-corrected chi connectivity index (χ2v) is 9.23. The Morgan fingerprint density at radius 1 is 1.19 bits per heavy atom. The summed E-state index contributed by atoms with van der Waals surface area (Å²) < 4.78 is 38.0. The van der Waals surface area contributed by atoms with E-state index in [2.05, 4.69) is 10.6 Å². The molecule has 1 aliphatic rings. The summed E-state index contributed by atoms with van der Waals surface area (Å²) in [5, 5.41) is 5.90. The third kappa shape index (κ3) is 3.94. The number of hydrogen-bond donors (Lipinski definition) is 2. The van der Waals surface area contributed by atoms with Crippen molar-refractivity contribution in [3.63, 3.8) is 0 Å². The number of halogens is 1. The summed E-state index contributed by atoms with van der Waals surface area (Å²) in [5.41, 5.74) is 0.307. The van der Waals surface area contributed by atoms with Gasteiger partial charge in [0.2, 0.25) is 5.91 Å². The quantitative estimate of drug-likeness (QED) is 0.734. The molecule has 1 fully saturated rings. The second-order valence-electron chi connectivity index (χ2n) is 6.04. The predicted molar refractivity (Wildman–Crippen MR) is 96.5 cm³/mol. The van der Waals surface area contributed by atoms with E-state index in [9.17, 15) is 22.4 Å². The Morgan fingerprint density at radius 2 is 1.85 bits per heavy atom. The molecule has 1 aromatic heterocycles. The van der Waals surface area contributed by atoms with Crippen LogP contribution in [0, 0.1) is 5.82 Å². The average Bonchev–Trinajstić information content (AvgIpc) is 3.29. The van der Waals surface area contributed by atoms with Crippen molar-refractivity contribution in [2.45, 2.75) is 36.0 Å². The lowest BCUT2D eigenvalue weighted by molar-refractivity contribution is -0.115. The highest BCUT2D eigenvalue weighted by atomic mass is 32.2. The first-order valence-corrected chi connectivity index (χ1v) is 10.4. The maximum atomic E-state index is 13.0. The lowest BCUT2D eigenvalue weighted by Gasteiger charge is -2.13. The van der Waals surface area contributed by atoms with Gasteiger partial charge in [0.1, 0.15) is 16.1 Å². The highest BCUT2D eigenvalue weighted by Gasteiger charge is 2.31.